The Bertz CT molecular complexity index is 1160. The van der Waals surface area contributed by atoms with Gasteiger partial charge in [-0.15, -0.1) is 0 Å². The lowest BCUT2D eigenvalue weighted by atomic mass is 10.1. The number of amides is 1. The van der Waals surface area contributed by atoms with Gasteiger partial charge in [-0.25, -0.2) is 9.37 Å². The monoisotopic (exact) mass is 378 g/mol. The fraction of sp³-hybridized carbons (Fsp3) is 0.211. The maximum atomic E-state index is 13.3. The standard InChI is InChI=1S/C19H15FN6O2/c20-13-1-2-14-15(9-13)23-17(22-14)19(27)26-8-5-12(10-26)18-24-16(25-28-18)11-3-6-21-7-4-11/h1-4,6-7,9,12H,5,8,10H2,(H,22,23). The van der Waals surface area contributed by atoms with E-state index in [0.717, 1.165) is 12.0 Å². The molecule has 140 valence electrons. The van der Waals surface area contributed by atoms with Crippen LogP contribution in [-0.2, 0) is 0 Å². The Labute approximate surface area is 158 Å². The van der Waals surface area contributed by atoms with E-state index in [-0.39, 0.29) is 23.5 Å². The molecular weight excluding hydrogens is 363 g/mol. The van der Waals surface area contributed by atoms with E-state index in [2.05, 4.69) is 25.1 Å². The number of aromatic amines is 1. The Morgan fingerprint density at radius 1 is 1.21 bits per heavy atom. The number of likely N-dealkylation sites (tertiary alicyclic amines) is 1. The van der Waals surface area contributed by atoms with Crippen LogP contribution in [0.3, 0.4) is 0 Å². The Balaban J connectivity index is 1.32. The van der Waals surface area contributed by atoms with E-state index in [0.29, 0.717) is 35.8 Å². The molecule has 1 aliphatic rings. The van der Waals surface area contributed by atoms with Gasteiger partial charge in [-0.3, -0.25) is 9.78 Å². The van der Waals surface area contributed by atoms with E-state index in [1.807, 2.05) is 12.1 Å². The average Bonchev–Trinajstić information content (AvgIpc) is 3.46. The summed E-state index contributed by atoms with van der Waals surface area (Å²) in [6.45, 7) is 1.02. The largest absolute Gasteiger partial charge is 0.339 e. The van der Waals surface area contributed by atoms with E-state index in [9.17, 15) is 9.18 Å². The molecule has 1 fully saturated rings. The third kappa shape index (κ3) is 2.90. The Morgan fingerprint density at radius 2 is 2.07 bits per heavy atom. The van der Waals surface area contributed by atoms with E-state index in [4.69, 9.17) is 4.52 Å². The zero-order valence-electron chi connectivity index (χ0n) is 14.7. The van der Waals surface area contributed by atoms with Gasteiger partial charge in [-0.05, 0) is 36.8 Å². The number of nitrogens with zero attached hydrogens (tertiary/aromatic N) is 5. The summed E-state index contributed by atoms with van der Waals surface area (Å²) in [6.07, 6.45) is 4.06. The van der Waals surface area contributed by atoms with Crippen molar-refractivity contribution >= 4 is 16.9 Å². The fourth-order valence-electron chi connectivity index (χ4n) is 3.40. The minimum absolute atomic E-state index is 0.0335. The van der Waals surface area contributed by atoms with Crippen LogP contribution in [0.2, 0.25) is 0 Å². The van der Waals surface area contributed by atoms with Crippen molar-refractivity contribution in [3.05, 3.63) is 60.3 Å². The topological polar surface area (TPSA) is 101 Å². The molecule has 5 rings (SSSR count). The summed E-state index contributed by atoms with van der Waals surface area (Å²) in [5.74, 6) is 0.569. The first kappa shape index (κ1) is 16.5. The molecule has 0 saturated carbocycles. The van der Waals surface area contributed by atoms with Crippen molar-refractivity contribution in [2.75, 3.05) is 13.1 Å². The van der Waals surface area contributed by atoms with Crippen LogP contribution in [-0.4, -0.2) is 49.0 Å². The van der Waals surface area contributed by atoms with Crippen LogP contribution in [0.5, 0.6) is 0 Å². The van der Waals surface area contributed by atoms with E-state index in [1.165, 1.54) is 12.1 Å². The SMILES string of the molecule is O=C(c1nc2ccc(F)cc2[nH]1)N1CCC(c2nc(-c3ccncc3)no2)C1. The lowest BCUT2D eigenvalue weighted by Crippen LogP contribution is -2.29. The minimum atomic E-state index is -0.377. The first-order valence-electron chi connectivity index (χ1n) is 8.86. The summed E-state index contributed by atoms with van der Waals surface area (Å²) < 4.78 is 18.8. The molecule has 4 aromatic rings. The van der Waals surface area contributed by atoms with Crippen LogP contribution >= 0.6 is 0 Å². The number of halogens is 1. The number of benzene rings is 1. The molecule has 4 heterocycles. The van der Waals surface area contributed by atoms with Gasteiger partial charge in [-0.1, -0.05) is 5.16 Å². The third-order valence-corrected chi connectivity index (χ3v) is 4.85. The summed E-state index contributed by atoms with van der Waals surface area (Å²) in [5, 5.41) is 4.02. The molecule has 1 aliphatic heterocycles. The number of nitrogens with one attached hydrogen (secondary N) is 1. The molecule has 1 amide bonds. The van der Waals surface area contributed by atoms with Crippen molar-refractivity contribution in [3.8, 4) is 11.4 Å². The number of hydrogen-bond acceptors (Lipinski definition) is 6. The third-order valence-electron chi connectivity index (χ3n) is 4.85. The molecule has 0 spiro atoms. The summed E-state index contributed by atoms with van der Waals surface area (Å²) >= 11 is 0. The van der Waals surface area contributed by atoms with E-state index >= 15 is 0 Å². The van der Waals surface area contributed by atoms with Crippen molar-refractivity contribution in [1.82, 2.24) is 30.0 Å². The van der Waals surface area contributed by atoms with Gasteiger partial charge in [0.05, 0.1) is 17.0 Å². The second kappa shape index (κ2) is 6.52. The Morgan fingerprint density at radius 3 is 2.93 bits per heavy atom. The van der Waals surface area contributed by atoms with Gasteiger partial charge >= 0.3 is 0 Å². The second-order valence-electron chi connectivity index (χ2n) is 6.68. The van der Waals surface area contributed by atoms with Crippen LogP contribution < -0.4 is 0 Å². The number of carbonyl (C=O) groups excluding carboxylic acids is 1. The van der Waals surface area contributed by atoms with Gasteiger partial charge in [0, 0.05) is 31.0 Å². The number of carbonyl (C=O) groups is 1. The zero-order valence-corrected chi connectivity index (χ0v) is 14.7. The molecule has 8 nitrogen and oxygen atoms in total. The molecule has 9 heteroatoms. The number of imidazole rings is 1. The lowest BCUT2D eigenvalue weighted by molar-refractivity contribution is 0.0779. The smallest absolute Gasteiger partial charge is 0.289 e. The zero-order chi connectivity index (χ0) is 19.1. The second-order valence-corrected chi connectivity index (χ2v) is 6.68. The molecule has 0 aliphatic carbocycles. The summed E-state index contributed by atoms with van der Waals surface area (Å²) in [7, 11) is 0. The van der Waals surface area contributed by atoms with Gasteiger partial charge in [0.25, 0.3) is 5.91 Å². The van der Waals surface area contributed by atoms with Gasteiger partial charge in [0.15, 0.2) is 5.82 Å². The van der Waals surface area contributed by atoms with Crippen LogP contribution in [0.1, 0.15) is 28.8 Å². The fourth-order valence-corrected chi connectivity index (χ4v) is 3.40. The number of pyridine rings is 1. The van der Waals surface area contributed by atoms with Gasteiger partial charge in [0.1, 0.15) is 5.82 Å². The minimum Gasteiger partial charge on any atom is -0.339 e. The number of fused-ring (bicyclic) bond motifs is 1. The molecule has 3 aromatic heterocycles. The molecule has 1 aromatic carbocycles. The number of H-pyrrole nitrogens is 1. The molecule has 0 bridgehead atoms. The predicted molar refractivity (Wildman–Crippen MR) is 96.8 cm³/mol. The highest BCUT2D eigenvalue weighted by molar-refractivity contribution is 5.94. The summed E-state index contributed by atoms with van der Waals surface area (Å²) in [6, 6.07) is 7.81. The normalized spacial score (nSPS) is 16.8. The first-order valence-corrected chi connectivity index (χ1v) is 8.86. The van der Waals surface area contributed by atoms with Crippen molar-refractivity contribution in [3.63, 3.8) is 0 Å². The van der Waals surface area contributed by atoms with Crippen LogP contribution in [0.4, 0.5) is 4.39 Å². The molecule has 1 atom stereocenters. The average molecular weight is 378 g/mol. The van der Waals surface area contributed by atoms with Gasteiger partial charge in [0.2, 0.25) is 11.7 Å². The van der Waals surface area contributed by atoms with Gasteiger partial charge < -0.3 is 14.4 Å². The molecule has 1 saturated heterocycles. The summed E-state index contributed by atoms with van der Waals surface area (Å²) in [4.78, 5) is 30.1. The molecular formula is C19H15FN6O2. The quantitative estimate of drug-likeness (QED) is 0.588. The van der Waals surface area contributed by atoms with E-state index in [1.54, 1.807) is 23.4 Å². The maximum absolute atomic E-state index is 13.3. The van der Waals surface area contributed by atoms with Crippen molar-refractivity contribution in [1.29, 1.82) is 0 Å². The van der Waals surface area contributed by atoms with E-state index < -0.39 is 0 Å². The van der Waals surface area contributed by atoms with Gasteiger partial charge in [-0.2, -0.15) is 4.98 Å². The number of rotatable bonds is 3. The molecule has 0 radical (unpaired) electrons. The summed E-state index contributed by atoms with van der Waals surface area (Å²) in [5.41, 5.74) is 1.88. The molecule has 28 heavy (non-hydrogen) atoms. The van der Waals surface area contributed by atoms with Crippen LogP contribution in [0.25, 0.3) is 22.4 Å². The lowest BCUT2D eigenvalue weighted by Gasteiger charge is -2.13. The molecule has 1 unspecified atom stereocenters. The number of hydrogen-bond donors (Lipinski definition) is 1. The maximum Gasteiger partial charge on any atom is 0.289 e. The van der Waals surface area contributed by atoms with Crippen molar-refractivity contribution < 1.29 is 13.7 Å². The highest BCUT2D eigenvalue weighted by atomic mass is 19.1. The number of aromatic nitrogens is 5. The Hall–Kier alpha value is -3.62. The highest BCUT2D eigenvalue weighted by Crippen LogP contribution is 2.28. The Kier molecular flexibility index (Phi) is 3.85. The molecule has 1 N–H and O–H groups in total. The first-order chi connectivity index (χ1) is 13.7. The van der Waals surface area contributed by atoms with Crippen molar-refractivity contribution in [2.45, 2.75) is 12.3 Å². The van der Waals surface area contributed by atoms with Crippen LogP contribution in [0.15, 0.2) is 47.2 Å². The predicted octanol–water partition coefficient (Wildman–Crippen LogP) is 2.78. The van der Waals surface area contributed by atoms with Crippen molar-refractivity contribution in [2.24, 2.45) is 0 Å². The highest BCUT2D eigenvalue weighted by Gasteiger charge is 2.32. The van der Waals surface area contributed by atoms with Crippen LogP contribution in [0, 0.1) is 5.82 Å².